The van der Waals surface area contributed by atoms with Crippen molar-refractivity contribution in [3.05, 3.63) is 59.2 Å². The van der Waals surface area contributed by atoms with E-state index in [0.29, 0.717) is 6.07 Å². The van der Waals surface area contributed by atoms with Gasteiger partial charge in [0.2, 0.25) is 0 Å². The lowest BCUT2D eigenvalue weighted by atomic mass is 10.1. The van der Waals surface area contributed by atoms with Gasteiger partial charge >= 0.3 is 0 Å². The molecular weight excluding hydrogens is 280 g/mol. The Morgan fingerprint density at radius 2 is 1.90 bits per heavy atom. The normalized spacial score (nSPS) is 11.0. The molecule has 0 fully saturated rings. The number of nitrogens with zero attached hydrogens (tertiary/aromatic N) is 1. The predicted molar refractivity (Wildman–Crippen MR) is 72.9 cm³/mol. The first kappa shape index (κ1) is 14.6. The summed E-state index contributed by atoms with van der Waals surface area (Å²) >= 11 is 0. The van der Waals surface area contributed by atoms with Crippen LogP contribution in [0.3, 0.4) is 0 Å². The van der Waals surface area contributed by atoms with Crippen molar-refractivity contribution < 1.29 is 23.8 Å². The quantitative estimate of drug-likeness (QED) is 0.672. The molecule has 0 radical (unpaired) electrons. The van der Waals surface area contributed by atoms with Crippen molar-refractivity contribution in [3.63, 3.8) is 0 Å². The minimum absolute atomic E-state index is 0.101. The molecule has 0 unspecified atom stereocenters. The molecule has 0 saturated heterocycles. The molecule has 4 nitrogen and oxygen atoms in total. The van der Waals surface area contributed by atoms with E-state index in [1.165, 1.54) is 12.1 Å². The number of Topliss-reactive ketones (excluding diaryl/α,β-unsaturated/α-hetero) is 1. The molecule has 2 aromatic rings. The van der Waals surface area contributed by atoms with E-state index in [0.717, 1.165) is 12.3 Å². The second-order valence-corrected chi connectivity index (χ2v) is 4.24. The third kappa shape index (κ3) is 3.42. The lowest BCUT2D eigenvalue weighted by Gasteiger charge is -2.02. The Balaban J connectivity index is 2.13. The van der Waals surface area contributed by atoms with Crippen molar-refractivity contribution >= 4 is 12.0 Å². The highest BCUT2D eigenvalue weighted by molar-refractivity contribution is 6.01. The SMILES string of the molecule is O=C(CN=Cc1cc(F)cc(F)c1O)c1ccccc1O. The number of ketones is 1. The molecule has 0 bridgehead atoms. The summed E-state index contributed by atoms with van der Waals surface area (Å²) in [5, 5.41) is 18.9. The van der Waals surface area contributed by atoms with Crippen molar-refractivity contribution in [2.24, 2.45) is 4.99 Å². The van der Waals surface area contributed by atoms with Crippen LogP contribution in [0.4, 0.5) is 8.78 Å². The minimum Gasteiger partial charge on any atom is -0.507 e. The molecule has 0 aliphatic rings. The Hall–Kier alpha value is -2.76. The van der Waals surface area contributed by atoms with Gasteiger partial charge in [0, 0.05) is 17.8 Å². The zero-order chi connectivity index (χ0) is 15.4. The van der Waals surface area contributed by atoms with Gasteiger partial charge in [0.25, 0.3) is 0 Å². The average molecular weight is 291 g/mol. The van der Waals surface area contributed by atoms with Crippen LogP contribution in [0.15, 0.2) is 41.4 Å². The van der Waals surface area contributed by atoms with Crippen LogP contribution in [0.25, 0.3) is 0 Å². The number of hydrogen-bond acceptors (Lipinski definition) is 4. The van der Waals surface area contributed by atoms with Gasteiger partial charge in [0.1, 0.15) is 18.1 Å². The van der Waals surface area contributed by atoms with Gasteiger partial charge in [-0.2, -0.15) is 0 Å². The summed E-state index contributed by atoms with van der Waals surface area (Å²) in [6.45, 7) is -0.324. The molecule has 0 spiro atoms. The molecule has 2 N–H and O–H groups in total. The highest BCUT2D eigenvalue weighted by atomic mass is 19.1. The van der Waals surface area contributed by atoms with E-state index in [1.807, 2.05) is 0 Å². The Labute approximate surface area is 119 Å². The van der Waals surface area contributed by atoms with Gasteiger partial charge in [0.05, 0.1) is 5.56 Å². The largest absolute Gasteiger partial charge is 0.507 e. The average Bonchev–Trinajstić information content (AvgIpc) is 2.44. The summed E-state index contributed by atoms with van der Waals surface area (Å²) in [6, 6.07) is 7.40. The number of para-hydroxylation sites is 1. The number of halogens is 2. The van der Waals surface area contributed by atoms with Crippen molar-refractivity contribution in [2.45, 2.75) is 0 Å². The lowest BCUT2D eigenvalue weighted by Crippen LogP contribution is -2.04. The van der Waals surface area contributed by atoms with E-state index in [9.17, 15) is 23.8 Å². The first-order valence-corrected chi connectivity index (χ1v) is 5.98. The molecule has 108 valence electrons. The first-order valence-electron chi connectivity index (χ1n) is 5.98. The minimum atomic E-state index is -1.11. The smallest absolute Gasteiger partial charge is 0.187 e. The molecule has 21 heavy (non-hydrogen) atoms. The van der Waals surface area contributed by atoms with Crippen molar-refractivity contribution in [1.82, 2.24) is 0 Å². The Kier molecular flexibility index (Phi) is 4.27. The molecule has 2 aromatic carbocycles. The maximum atomic E-state index is 13.1. The van der Waals surface area contributed by atoms with E-state index in [2.05, 4.69) is 4.99 Å². The summed E-state index contributed by atoms with van der Waals surface area (Å²) in [7, 11) is 0. The number of phenols is 2. The second kappa shape index (κ2) is 6.13. The molecule has 0 amide bonds. The number of carbonyl (C=O) groups is 1. The zero-order valence-electron chi connectivity index (χ0n) is 10.8. The van der Waals surface area contributed by atoms with Gasteiger partial charge in [-0.1, -0.05) is 12.1 Å². The van der Waals surface area contributed by atoms with E-state index < -0.39 is 23.2 Å². The molecule has 2 rings (SSSR count). The molecule has 0 aromatic heterocycles. The first-order chi connectivity index (χ1) is 9.99. The number of carbonyl (C=O) groups excluding carboxylic acids is 1. The highest BCUT2D eigenvalue weighted by Crippen LogP contribution is 2.21. The van der Waals surface area contributed by atoms with Crippen LogP contribution in [0.5, 0.6) is 11.5 Å². The molecule has 0 aliphatic heterocycles. The van der Waals surface area contributed by atoms with Gasteiger partial charge in [-0.05, 0) is 18.2 Å². The number of phenolic OH excluding ortho intramolecular Hbond substituents is 2. The number of aliphatic imine (C=N–C) groups is 1. The van der Waals surface area contributed by atoms with Crippen molar-refractivity contribution in [3.8, 4) is 11.5 Å². The Morgan fingerprint density at radius 3 is 2.62 bits per heavy atom. The zero-order valence-corrected chi connectivity index (χ0v) is 10.8. The second-order valence-electron chi connectivity index (χ2n) is 4.24. The molecule has 6 heteroatoms. The summed E-state index contributed by atoms with van der Waals surface area (Å²) in [4.78, 5) is 15.5. The van der Waals surface area contributed by atoms with Crippen LogP contribution >= 0.6 is 0 Å². The van der Waals surface area contributed by atoms with E-state index in [1.54, 1.807) is 12.1 Å². The fraction of sp³-hybridized carbons (Fsp3) is 0.0667. The standard InChI is InChI=1S/C15H11F2NO3/c16-10-5-9(15(21)12(17)6-10)7-18-8-14(20)11-3-1-2-4-13(11)19/h1-7,19,21H,8H2. The van der Waals surface area contributed by atoms with Crippen LogP contribution in [0.2, 0.25) is 0 Å². The summed E-state index contributed by atoms with van der Waals surface area (Å²) in [5.41, 5.74) is -0.0677. The monoisotopic (exact) mass is 291 g/mol. The van der Waals surface area contributed by atoms with Crippen LogP contribution in [-0.2, 0) is 0 Å². The van der Waals surface area contributed by atoms with Crippen molar-refractivity contribution in [2.75, 3.05) is 6.54 Å². The van der Waals surface area contributed by atoms with Crippen LogP contribution in [0.1, 0.15) is 15.9 Å². The lowest BCUT2D eigenvalue weighted by molar-refractivity contribution is 0.0999. The molecule has 0 aliphatic carbocycles. The highest BCUT2D eigenvalue weighted by Gasteiger charge is 2.10. The summed E-state index contributed by atoms with van der Waals surface area (Å²) in [6.07, 6.45) is 0.999. The summed E-state index contributed by atoms with van der Waals surface area (Å²) in [5.74, 6) is -3.34. The molecule has 0 heterocycles. The van der Waals surface area contributed by atoms with Crippen LogP contribution in [0, 0.1) is 11.6 Å². The van der Waals surface area contributed by atoms with E-state index in [-0.39, 0.29) is 23.4 Å². The van der Waals surface area contributed by atoms with E-state index >= 15 is 0 Å². The fourth-order valence-corrected chi connectivity index (χ4v) is 1.71. The maximum absolute atomic E-state index is 13.1. The van der Waals surface area contributed by atoms with E-state index in [4.69, 9.17) is 0 Å². The molecule has 0 saturated carbocycles. The van der Waals surface area contributed by atoms with Gasteiger partial charge in [-0.15, -0.1) is 0 Å². The number of rotatable bonds is 4. The number of aromatic hydroxyl groups is 2. The number of hydrogen-bond donors (Lipinski definition) is 2. The van der Waals surface area contributed by atoms with Crippen molar-refractivity contribution in [1.29, 1.82) is 0 Å². The third-order valence-electron chi connectivity index (χ3n) is 2.73. The molecular formula is C15H11F2NO3. The third-order valence-corrected chi connectivity index (χ3v) is 2.73. The van der Waals surface area contributed by atoms with Gasteiger partial charge in [-0.3, -0.25) is 9.79 Å². The topological polar surface area (TPSA) is 69.9 Å². The van der Waals surface area contributed by atoms with Gasteiger partial charge in [0.15, 0.2) is 17.3 Å². The predicted octanol–water partition coefficient (Wildman–Crippen LogP) is 2.68. The van der Waals surface area contributed by atoms with Crippen LogP contribution < -0.4 is 0 Å². The number of benzene rings is 2. The molecule has 0 atom stereocenters. The van der Waals surface area contributed by atoms with Gasteiger partial charge < -0.3 is 10.2 Å². The van der Waals surface area contributed by atoms with Gasteiger partial charge in [-0.25, -0.2) is 8.78 Å². The Bertz CT molecular complexity index is 714. The van der Waals surface area contributed by atoms with Crippen LogP contribution in [-0.4, -0.2) is 28.8 Å². The Morgan fingerprint density at radius 1 is 1.19 bits per heavy atom. The maximum Gasteiger partial charge on any atom is 0.187 e. The summed E-state index contributed by atoms with van der Waals surface area (Å²) < 4.78 is 26.1. The fourth-order valence-electron chi connectivity index (χ4n) is 1.71.